The van der Waals surface area contributed by atoms with Gasteiger partial charge in [0.2, 0.25) is 10.0 Å². The van der Waals surface area contributed by atoms with Gasteiger partial charge in [-0.2, -0.15) is 0 Å². The molecular formula is C23H39N3O2S. The fourth-order valence-corrected chi connectivity index (χ4v) is 2.75. The fraction of sp³-hybridized carbons (Fsp3) is 0.304. The van der Waals surface area contributed by atoms with Crippen LogP contribution in [0.25, 0.3) is 0 Å². The molecule has 0 saturated carbocycles. The lowest BCUT2D eigenvalue weighted by Crippen LogP contribution is -2.37. The molecule has 0 fully saturated rings. The second-order valence-corrected chi connectivity index (χ2v) is 7.16. The lowest BCUT2D eigenvalue weighted by molar-refractivity contribution is 0.562. The molecule has 0 aliphatic carbocycles. The number of hydrogen-bond donors (Lipinski definition) is 3. The molecular weight excluding hydrogens is 382 g/mol. The molecule has 0 saturated heterocycles. The van der Waals surface area contributed by atoms with Crippen molar-refractivity contribution in [2.45, 2.75) is 45.1 Å². The molecule has 1 aromatic carbocycles. The van der Waals surface area contributed by atoms with Crippen molar-refractivity contribution in [1.82, 2.24) is 4.72 Å². The third-order valence-corrected chi connectivity index (χ3v) is 4.51. The Morgan fingerprint density at radius 2 is 1.59 bits per heavy atom. The lowest BCUT2D eigenvalue weighted by atomic mass is 10.3. The monoisotopic (exact) mass is 421 g/mol. The van der Waals surface area contributed by atoms with Crippen LogP contribution >= 0.6 is 0 Å². The van der Waals surface area contributed by atoms with Crippen molar-refractivity contribution >= 4 is 15.7 Å². The van der Waals surface area contributed by atoms with Crippen LogP contribution in [0.15, 0.2) is 91.4 Å². The third-order valence-electron chi connectivity index (χ3n) is 2.90. The van der Waals surface area contributed by atoms with E-state index in [1.807, 2.05) is 38.2 Å². The number of hydrogen-bond acceptors (Lipinski definition) is 4. The van der Waals surface area contributed by atoms with Gasteiger partial charge in [0, 0.05) is 18.3 Å². The van der Waals surface area contributed by atoms with Crippen molar-refractivity contribution in [3.05, 3.63) is 86.5 Å². The second kappa shape index (κ2) is 21.9. The van der Waals surface area contributed by atoms with Gasteiger partial charge in [-0.05, 0) is 51.5 Å². The number of anilines is 1. The molecule has 0 amide bonds. The van der Waals surface area contributed by atoms with Crippen LogP contribution in [0, 0.1) is 0 Å². The third kappa shape index (κ3) is 20.1. The van der Waals surface area contributed by atoms with Gasteiger partial charge in [0.05, 0.1) is 4.90 Å². The van der Waals surface area contributed by atoms with Gasteiger partial charge < -0.3 is 11.5 Å². The molecule has 0 aliphatic rings. The van der Waals surface area contributed by atoms with Crippen LogP contribution in [-0.2, 0) is 10.0 Å². The molecule has 29 heavy (non-hydrogen) atoms. The summed E-state index contributed by atoms with van der Waals surface area (Å²) in [6.07, 6.45) is 14.9. The Hall–Kier alpha value is -2.41. The molecule has 1 unspecified atom stereocenters. The SMILES string of the molecule is C/C=C\C=C/CC.C=C.C=C/C=C\C.CC(CN)NS(=O)(=O)c1ccc(N)cc1. The number of allylic oxidation sites excluding steroid dienone is 7. The van der Waals surface area contributed by atoms with E-state index >= 15 is 0 Å². The lowest BCUT2D eigenvalue weighted by Gasteiger charge is -2.11. The van der Waals surface area contributed by atoms with E-state index < -0.39 is 10.0 Å². The highest BCUT2D eigenvalue weighted by Crippen LogP contribution is 2.11. The molecule has 164 valence electrons. The van der Waals surface area contributed by atoms with Gasteiger partial charge in [0.1, 0.15) is 0 Å². The Balaban J connectivity index is -0.000000402. The predicted molar refractivity (Wildman–Crippen MR) is 130 cm³/mol. The Labute approximate surface area is 178 Å². The summed E-state index contributed by atoms with van der Waals surface area (Å²) in [5, 5.41) is 0. The zero-order valence-electron chi connectivity index (χ0n) is 18.3. The molecule has 0 aromatic heterocycles. The summed E-state index contributed by atoms with van der Waals surface area (Å²) in [5.74, 6) is 0. The Kier molecular flexibility index (Phi) is 23.6. The average Bonchev–Trinajstić information content (AvgIpc) is 2.71. The molecule has 6 heteroatoms. The molecule has 0 radical (unpaired) electrons. The van der Waals surface area contributed by atoms with Crippen LogP contribution in [0.3, 0.4) is 0 Å². The van der Waals surface area contributed by atoms with Gasteiger partial charge in [-0.1, -0.05) is 56.0 Å². The predicted octanol–water partition coefficient (Wildman–Crippen LogP) is 4.97. The first-order chi connectivity index (χ1) is 13.8. The summed E-state index contributed by atoms with van der Waals surface area (Å²) in [6, 6.07) is 5.72. The van der Waals surface area contributed by atoms with E-state index in [1.165, 1.54) is 12.1 Å². The summed E-state index contributed by atoms with van der Waals surface area (Å²) in [4.78, 5) is 0.192. The maximum atomic E-state index is 11.7. The van der Waals surface area contributed by atoms with E-state index in [0.717, 1.165) is 6.42 Å². The molecule has 5 N–H and O–H groups in total. The van der Waals surface area contributed by atoms with Crippen molar-refractivity contribution in [2.24, 2.45) is 5.73 Å². The smallest absolute Gasteiger partial charge is 0.240 e. The van der Waals surface area contributed by atoms with Crippen LogP contribution < -0.4 is 16.2 Å². The number of sulfonamides is 1. The van der Waals surface area contributed by atoms with Gasteiger partial charge in [-0.25, -0.2) is 13.1 Å². The average molecular weight is 422 g/mol. The zero-order chi connectivity index (χ0) is 23.1. The first-order valence-electron chi connectivity index (χ1n) is 9.38. The van der Waals surface area contributed by atoms with Gasteiger partial charge in [0.25, 0.3) is 0 Å². The number of benzene rings is 1. The summed E-state index contributed by atoms with van der Waals surface area (Å²) in [5.41, 5.74) is 11.3. The molecule has 1 atom stereocenters. The van der Waals surface area contributed by atoms with E-state index in [2.05, 4.69) is 43.5 Å². The van der Waals surface area contributed by atoms with Crippen LogP contribution in [-0.4, -0.2) is 21.0 Å². The summed E-state index contributed by atoms with van der Waals surface area (Å²) >= 11 is 0. The summed E-state index contributed by atoms with van der Waals surface area (Å²) < 4.78 is 25.9. The Morgan fingerprint density at radius 3 is 1.93 bits per heavy atom. The summed E-state index contributed by atoms with van der Waals surface area (Å²) in [7, 11) is -3.47. The van der Waals surface area contributed by atoms with Crippen LogP contribution in [0.4, 0.5) is 5.69 Å². The van der Waals surface area contributed by atoms with Crippen LogP contribution in [0.2, 0.25) is 0 Å². The number of nitrogens with two attached hydrogens (primary N) is 2. The maximum absolute atomic E-state index is 11.7. The molecule has 0 bridgehead atoms. The molecule has 5 nitrogen and oxygen atoms in total. The molecule has 1 aromatic rings. The first kappa shape index (κ1) is 31.3. The topological polar surface area (TPSA) is 98.2 Å². The van der Waals surface area contributed by atoms with Gasteiger partial charge >= 0.3 is 0 Å². The Bertz CT molecular complexity index is 691. The quantitative estimate of drug-likeness (QED) is 0.329. The van der Waals surface area contributed by atoms with Crippen molar-refractivity contribution < 1.29 is 8.42 Å². The normalized spacial score (nSPS) is 11.6. The van der Waals surface area contributed by atoms with E-state index in [-0.39, 0.29) is 17.5 Å². The molecule has 0 spiro atoms. The number of rotatable bonds is 7. The largest absolute Gasteiger partial charge is 0.399 e. The van der Waals surface area contributed by atoms with Gasteiger partial charge in [0.15, 0.2) is 0 Å². The van der Waals surface area contributed by atoms with E-state index in [0.29, 0.717) is 5.69 Å². The minimum absolute atomic E-state index is 0.192. The van der Waals surface area contributed by atoms with Gasteiger partial charge in [-0.15, -0.1) is 13.2 Å². The van der Waals surface area contributed by atoms with E-state index in [9.17, 15) is 8.42 Å². The van der Waals surface area contributed by atoms with Crippen molar-refractivity contribution in [3.8, 4) is 0 Å². The molecule has 1 rings (SSSR count). The van der Waals surface area contributed by atoms with E-state index in [1.54, 1.807) is 25.1 Å². The first-order valence-corrected chi connectivity index (χ1v) is 10.9. The summed E-state index contributed by atoms with van der Waals surface area (Å²) in [6.45, 7) is 17.5. The molecule has 0 aliphatic heterocycles. The van der Waals surface area contributed by atoms with Crippen LogP contribution in [0.1, 0.15) is 34.1 Å². The second-order valence-electron chi connectivity index (χ2n) is 5.45. The minimum Gasteiger partial charge on any atom is -0.399 e. The Morgan fingerprint density at radius 1 is 1.07 bits per heavy atom. The maximum Gasteiger partial charge on any atom is 0.240 e. The van der Waals surface area contributed by atoms with Crippen LogP contribution in [0.5, 0.6) is 0 Å². The number of nitrogen functional groups attached to an aromatic ring is 1. The van der Waals surface area contributed by atoms with E-state index in [4.69, 9.17) is 11.5 Å². The molecule has 0 heterocycles. The minimum atomic E-state index is -3.47. The fourth-order valence-electron chi connectivity index (χ4n) is 1.49. The highest BCUT2D eigenvalue weighted by molar-refractivity contribution is 7.89. The standard InChI is InChI=1S/C9H15N3O2S.C7H12.C5H8.C2H4/c1-7(6-10)12-15(13,14)9-4-2-8(11)3-5-9;1-3-5-7-6-4-2;1-3-5-4-2;1-2/h2-5,7,12H,6,10-11H2,1H3;3,5-7H,4H2,1-2H3;3-5H,1H2,2H3;1-2H2/b;5-3-,7-6-;5-4-;. The van der Waals surface area contributed by atoms with Crippen molar-refractivity contribution in [2.75, 3.05) is 12.3 Å². The van der Waals surface area contributed by atoms with Crippen molar-refractivity contribution in [3.63, 3.8) is 0 Å². The number of nitrogens with one attached hydrogen (secondary N) is 1. The highest BCUT2D eigenvalue weighted by atomic mass is 32.2. The van der Waals surface area contributed by atoms with Gasteiger partial charge in [-0.3, -0.25) is 0 Å². The zero-order valence-corrected chi connectivity index (χ0v) is 19.2. The van der Waals surface area contributed by atoms with Crippen molar-refractivity contribution in [1.29, 1.82) is 0 Å². The highest BCUT2D eigenvalue weighted by Gasteiger charge is 2.15.